The zero-order chi connectivity index (χ0) is 12.1. The fourth-order valence-corrected chi connectivity index (χ4v) is 1.71. The van der Waals surface area contributed by atoms with Gasteiger partial charge in [-0.05, 0) is 42.7 Å². The van der Waals surface area contributed by atoms with Gasteiger partial charge in [0.15, 0.2) is 11.5 Å². The summed E-state index contributed by atoms with van der Waals surface area (Å²) in [5, 5.41) is 0. The topological polar surface area (TPSA) is 30.2 Å². The van der Waals surface area contributed by atoms with Crippen LogP contribution < -0.4 is 0 Å². The molecule has 1 aromatic carbocycles. The first kappa shape index (κ1) is 11.6. The van der Waals surface area contributed by atoms with E-state index in [-0.39, 0.29) is 11.6 Å². The number of carbonyl (C=O) groups is 1. The quantitative estimate of drug-likeness (QED) is 0.737. The molecule has 0 saturated carbocycles. The third kappa shape index (κ3) is 3.28. The highest BCUT2D eigenvalue weighted by molar-refractivity contribution is 5.93. The summed E-state index contributed by atoms with van der Waals surface area (Å²) in [5.41, 5.74) is 0.914. The lowest BCUT2D eigenvalue weighted by Gasteiger charge is -2.00. The SMILES string of the molecule is O=C(CCCc1cccc(F)c1)c1ccco1. The molecule has 0 aliphatic rings. The monoisotopic (exact) mass is 232 g/mol. The highest BCUT2D eigenvalue weighted by Gasteiger charge is 2.08. The third-order valence-electron chi connectivity index (χ3n) is 2.55. The molecule has 0 fully saturated rings. The molecular weight excluding hydrogens is 219 g/mol. The average molecular weight is 232 g/mol. The van der Waals surface area contributed by atoms with E-state index >= 15 is 0 Å². The van der Waals surface area contributed by atoms with E-state index in [0.29, 0.717) is 25.0 Å². The molecule has 17 heavy (non-hydrogen) atoms. The predicted octanol–water partition coefficient (Wildman–Crippen LogP) is 3.62. The number of halogens is 1. The van der Waals surface area contributed by atoms with Gasteiger partial charge >= 0.3 is 0 Å². The maximum absolute atomic E-state index is 12.9. The fraction of sp³-hybridized carbons (Fsp3) is 0.214. The first-order valence-corrected chi connectivity index (χ1v) is 5.57. The lowest BCUT2D eigenvalue weighted by molar-refractivity contribution is 0.0953. The van der Waals surface area contributed by atoms with Gasteiger partial charge in [-0.25, -0.2) is 4.39 Å². The van der Waals surface area contributed by atoms with Crippen molar-refractivity contribution in [3.63, 3.8) is 0 Å². The maximum atomic E-state index is 12.9. The molecule has 0 N–H and O–H groups in total. The second-order valence-electron chi connectivity index (χ2n) is 3.88. The van der Waals surface area contributed by atoms with Crippen molar-refractivity contribution in [2.24, 2.45) is 0 Å². The van der Waals surface area contributed by atoms with Gasteiger partial charge in [0.05, 0.1) is 6.26 Å². The van der Waals surface area contributed by atoms with Crippen molar-refractivity contribution in [1.29, 1.82) is 0 Å². The van der Waals surface area contributed by atoms with Crippen LogP contribution in [0.4, 0.5) is 4.39 Å². The molecule has 3 heteroatoms. The molecule has 1 aromatic heterocycles. The Morgan fingerprint density at radius 3 is 2.82 bits per heavy atom. The van der Waals surface area contributed by atoms with E-state index in [1.165, 1.54) is 18.4 Å². The third-order valence-corrected chi connectivity index (χ3v) is 2.55. The maximum Gasteiger partial charge on any atom is 0.197 e. The molecule has 0 aliphatic carbocycles. The Morgan fingerprint density at radius 2 is 2.12 bits per heavy atom. The van der Waals surface area contributed by atoms with Crippen LogP contribution in [0.15, 0.2) is 47.1 Å². The Labute approximate surface area is 99.1 Å². The first-order valence-electron chi connectivity index (χ1n) is 5.57. The number of rotatable bonds is 5. The summed E-state index contributed by atoms with van der Waals surface area (Å²) in [5.74, 6) is 0.149. The van der Waals surface area contributed by atoms with Gasteiger partial charge in [-0.3, -0.25) is 4.79 Å². The molecule has 1 heterocycles. The molecule has 0 amide bonds. The van der Waals surface area contributed by atoms with Crippen molar-refractivity contribution < 1.29 is 13.6 Å². The number of aryl methyl sites for hydroxylation is 1. The molecule has 2 nitrogen and oxygen atoms in total. The molecule has 0 unspecified atom stereocenters. The van der Waals surface area contributed by atoms with Gasteiger partial charge in [0, 0.05) is 6.42 Å². The van der Waals surface area contributed by atoms with Crippen LogP contribution in [0.1, 0.15) is 29.0 Å². The van der Waals surface area contributed by atoms with Crippen molar-refractivity contribution in [3.05, 3.63) is 59.8 Å². The largest absolute Gasteiger partial charge is 0.461 e. The minimum absolute atomic E-state index is 0.00796. The van der Waals surface area contributed by atoms with E-state index in [9.17, 15) is 9.18 Å². The lowest BCUT2D eigenvalue weighted by atomic mass is 10.1. The minimum Gasteiger partial charge on any atom is -0.461 e. The van der Waals surface area contributed by atoms with Crippen molar-refractivity contribution in [3.8, 4) is 0 Å². The Kier molecular flexibility index (Phi) is 3.70. The molecule has 0 aliphatic heterocycles. The van der Waals surface area contributed by atoms with Gasteiger partial charge < -0.3 is 4.42 Å². The molecular formula is C14H13FO2. The van der Waals surface area contributed by atoms with Gasteiger partial charge in [-0.1, -0.05) is 12.1 Å². The van der Waals surface area contributed by atoms with Crippen LogP contribution >= 0.6 is 0 Å². The Balaban J connectivity index is 1.82. The number of carbonyl (C=O) groups excluding carboxylic acids is 1. The highest BCUT2D eigenvalue weighted by Crippen LogP contribution is 2.10. The van der Waals surface area contributed by atoms with Crippen molar-refractivity contribution in [2.75, 3.05) is 0 Å². The molecule has 88 valence electrons. The number of hydrogen-bond acceptors (Lipinski definition) is 2. The van der Waals surface area contributed by atoms with Gasteiger partial charge in [0.2, 0.25) is 0 Å². The first-order chi connectivity index (χ1) is 8.25. The van der Waals surface area contributed by atoms with Crippen LogP contribution in [0.2, 0.25) is 0 Å². The zero-order valence-corrected chi connectivity index (χ0v) is 9.36. The zero-order valence-electron chi connectivity index (χ0n) is 9.36. The van der Waals surface area contributed by atoms with Crippen molar-refractivity contribution in [2.45, 2.75) is 19.3 Å². The second-order valence-corrected chi connectivity index (χ2v) is 3.88. The fourth-order valence-electron chi connectivity index (χ4n) is 1.71. The molecule has 0 bridgehead atoms. The number of furan rings is 1. The van der Waals surface area contributed by atoms with Gasteiger partial charge in [0.1, 0.15) is 5.82 Å². The number of ketones is 1. The standard InChI is InChI=1S/C14H13FO2/c15-12-6-1-4-11(10-12)5-2-7-13(16)14-8-3-9-17-14/h1,3-4,6,8-10H,2,5,7H2. The van der Waals surface area contributed by atoms with Crippen LogP contribution in [0.5, 0.6) is 0 Å². The van der Waals surface area contributed by atoms with Gasteiger partial charge in [-0.15, -0.1) is 0 Å². The van der Waals surface area contributed by atoms with E-state index < -0.39 is 0 Å². The summed E-state index contributed by atoms with van der Waals surface area (Å²) in [7, 11) is 0. The molecule has 2 rings (SSSR count). The summed E-state index contributed by atoms with van der Waals surface area (Å²) in [4.78, 5) is 11.6. The molecule has 0 spiro atoms. The molecule has 0 radical (unpaired) electrons. The summed E-state index contributed by atoms with van der Waals surface area (Å²) in [6, 6.07) is 9.80. The van der Waals surface area contributed by atoms with Crippen LogP contribution in [0.3, 0.4) is 0 Å². The van der Waals surface area contributed by atoms with E-state index in [2.05, 4.69) is 0 Å². The summed E-state index contributed by atoms with van der Waals surface area (Å²) < 4.78 is 17.9. The normalized spacial score (nSPS) is 10.4. The number of hydrogen-bond donors (Lipinski definition) is 0. The molecule has 2 aromatic rings. The number of Topliss-reactive ketones (excluding diaryl/α,β-unsaturated/α-hetero) is 1. The Morgan fingerprint density at radius 1 is 1.24 bits per heavy atom. The van der Waals surface area contributed by atoms with Gasteiger partial charge in [-0.2, -0.15) is 0 Å². The van der Waals surface area contributed by atoms with Crippen molar-refractivity contribution >= 4 is 5.78 Å². The predicted molar refractivity (Wildman–Crippen MR) is 62.4 cm³/mol. The summed E-state index contributed by atoms with van der Waals surface area (Å²) >= 11 is 0. The smallest absolute Gasteiger partial charge is 0.197 e. The van der Waals surface area contributed by atoms with Gasteiger partial charge in [0.25, 0.3) is 0 Å². The van der Waals surface area contributed by atoms with Crippen molar-refractivity contribution in [1.82, 2.24) is 0 Å². The lowest BCUT2D eigenvalue weighted by Crippen LogP contribution is -1.98. The molecule has 0 saturated heterocycles. The van der Waals surface area contributed by atoms with E-state index in [0.717, 1.165) is 5.56 Å². The second kappa shape index (κ2) is 5.43. The Hall–Kier alpha value is -1.90. The van der Waals surface area contributed by atoms with E-state index in [1.807, 2.05) is 6.07 Å². The van der Waals surface area contributed by atoms with Crippen LogP contribution in [0.25, 0.3) is 0 Å². The molecule has 0 atom stereocenters. The van der Waals surface area contributed by atoms with Crippen LogP contribution in [-0.2, 0) is 6.42 Å². The average Bonchev–Trinajstić information content (AvgIpc) is 2.82. The van der Waals surface area contributed by atoms with E-state index in [4.69, 9.17) is 4.42 Å². The van der Waals surface area contributed by atoms with Crippen LogP contribution in [-0.4, -0.2) is 5.78 Å². The number of benzene rings is 1. The minimum atomic E-state index is -0.236. The summed E-state index contributed by atoms with van der Waals surface area (Å²) in [6.07, 6.45) is 3.30. The van der Waals surface area contributed by atoms with Crippen LogP contribution in [0, 0.1) is 5.82 Å². The highest BCUT2D eigenvalue weighted by atomic mass is 19.1. The van der Waals surface area contributed by atoms with E-state index in [1.54, 1.807) is 18.2 Å². The summed E-state index contributed by atoms with van der Waals surface area (Å²) in [6.45, 7) is 0. The Bertz CT molecular complexity index is 489.